The van der Waals surface area contributed by atoms with Crippen molar-refractivity contribution in [2.45, 2.75) is 13.5 Å². The highest BCUT2D eigenvalue weighted by Gasteiger charge is 2.18. The Hall–Kier alpha value is -4.00. The molecule has 3 heterocycles. The van der Waals surface area contributed by atoms with Crippen molar-refractivity contribution in [3.63, 3.8) is 0 Å². The average Bonchev–Trinajstić information content (AvgIpc) is 3.46. The van der Waals surface area contributed by atoms with Crippen LogP contribution in [0.5, 0.6) is 0 Å². The number of fused-ring (bicyclic) bond motifs is 1. The van der Waals surface area contributed by atoms with Crippen molar-refractivity contribution in [1.82, 2.24) is 20.2 Å². The van der Waals surface area contributed by atoms with Crippen molar-refractivity contribution < 1.29 is 8.83 Å². The largest absolute Gasteiger partial charge is 0.467 e. The van der Waals surface area contributed by atoms with Crippen LogP contribution in [0.25, 0.3) is 34.1 Å². The van der Waals surface area contributed by atoms with Crippen LogP contribution in [0, 0.1) is 6.92 Å². The Labute approximate surface area is 173 Å². The van der Waals surface area contributed by atoms with E-state index in [4.69, 9.17) is 13.8 Å². The molecule has 0 spiro atoms. The molecule has 0 aliphatic heterocycles. The molecule has 5 rings (SSSR count). The number of benzene rings is 2. The highest BCUT2D eigenvalue weighted by molar-refractivity contribution is 5.90. The maximum atomic E-state index is 5.90. The van der Waals surface area contributed by atoms with Gasteiger partial charge in [-0.3, -0.25) is 0 Å². The lowest BCUT2D eigenvalue weighted by atomic mass is 10.1. The molecule has 7 nitrogen and oxygen atoms in total. The number of hydrogen-bond donors (Lipinski definition) is 0. The number of nitrogens with zero attached hydrogens (tertiary/aromatic N) is 5. The Morgan fingerprint density at radius 3 is 2.47 bits per heavy atom. The van der Waals surface area contributed by atoms with Crippen molar-refractivity contribution >= 4 is 16.7 Å². The fourth-order valence-corrected chi connectivity index (χ4v) is 3.28. The Balaban J connectivity index is 1.56. The first-order valence-corrected chi connectivity index (χ1v) is 9.58. The zero-order chi connectivity index (χ0) is 20.5. The van der Waals surface area contributed by atoms with Crippen molar-refractivity contribution in [3.05, 3.63) is 78.3 Å². The Morgan fingerprint density at radius 2 is 1.67 bits per heavy atom. The molecular weight excluding hydrogens is 378 g/mol. The molecule has 0 radical (unpaired) electrons. The van der Waals surface area contributed by atoms with E-state index in [-0.39, 0.29) is 5.89 Å². The van der Waals surface area contributed by atoms with E-state index in [1.165, 1.54) is 5.56 Å². The fourth-order valence-electron chi connectivity index (χ4n) is 3.28. The van der Waals surface area contributed by atoms with Crippen LogP contribution in [0.2, 0.25) is 0 Å². The predicted molar refractivity (Wildman–Crippen MR) is 114 cm³/mol. The summed E-state index contributed by atoms with van der Waals surface area (Å²) in [6, 6.07) is 19.6. The van der Waals surface area contributed by atoms with Crippen LogP contribution >= 0.6 is 0 Å². The summed E-state index contributed by atoms with van der Waals surface area (Å²) in [5.41, 5.74) is 2.83. The lowest BCUT2D eigenvalue weighted by Gasteiger charge is -2.19. The van der Waals surface area contributed by atoms with E-state index in [1.807, 2.05) is 79.5 Å². The number of furan rings is 1. The lowest BCUT2D eigenvalue weighted by Crippen LogP contribution is -2.18. The van der Waals surface area contributed by atoms with Gasteiger partial charge in [0.05, 0.1) is 18.3 Å². The Kier molecular flexibility index (Phi) is 4.48. The molecule has 0 fully saturated rings. The first kappa shape index (κ1) is 18.1. The summed E-state index contributed by atoms with van der Waals surface area (Å²) in [6.07, 6.45) is 1.66. The number of hydrogen-bond acceptors (Lipinski definition) is 7. The smallest absolute Gasteiger partial charge is 0.286 e. The molecule has 148 valence electrons. The van der Waals surface area contributed by atoms with Gasteiger partial charge in [0.25, 0.3) is 5.89 Å². The summed E-state index contributed by atoms with van der Waals surface area (Å²) in [5, 5.41) is 9.31. The molecule has 0 aliphatic rings. The Bertz CT molecular complexity index is 1290. The monoisotopic (exact) mass is 397 g/mol. The van der Waals surface area contributed by atoms with E-state index in [2.05, 4.69) is 15.2 Å². The van der Waals surface area contributed by atoms with E-state index >= 15 is 0 Å². The second-order valence-electron chi connectivity index (χ2n) is 7.10. The SMILES string of the molecule is Cc1ccc(-c2nnc(-c3nc(N(C)Cc4ccco4)c4ccccc4n3)o2)cc1. The standard InChI is InChI=1S/C23H19N5O2/c1-15-9-11-16(12-10-15)22-26-27-23(30-22)20-24-19-8-4-3-7-18(19)21(25-20)28(2)14-17-6-5-13-29-17/h3-13H,14H2,1-2H3. The van der Waals surface area contributed by atoms with Gasteiger partial charge in [0, 0.05) is 18.0 Å². The van der Waals surface area contributed by atoms with Gasteiger partial charge in [-0.15, -0.1) is 10.2 Å². The summed E-state index contributed by atoms with van der Waals surface area (Å²) < 4.78 is 11.4. The van der Waals surface area contributed by atoms with Crippen LogP contribution in [0.4, 0.5) is 5.82 Å². The van der Waals surface area contributed by atoms with Gasteiger partial charge in [-0.25, -0.2) is 9.97 Å². The summed E-state index contributed by atoms with van der Waals surface area (Å²) in [5.74, 6) is 2.72. The van der Waals surface area contributed by atoms with Crippen LogP contribution < -0.4 is 4.90 Å². The van der Waals surface area contributed by atoms with Crippen molar-refractivity contribution in [1.29, 1.82) is 0 Å². The van der Waals surface area contributed by atoms with Crippen molar-refractivity contribution in [2.24, 2.45) is 0 Å². The van der Waals surface area contributed by atoms with Gasteiger partial charge in [0.2, 0.25) is 11.7 Å². The minimum Gasteiger partial charge on any atom is -0.467 e. The molecule has 30 heavy (non-hydrogen) atoms. The zero-order valence-electron chi connectivity index (χ0n) is 16.6. The predicted octanol–water partition coefficient (Wildman–Crippen LogP) is 4.88. The highest BCUT2D eigenvalue weighted by atomic mass is 16.4. The van der Waals surface area contributed by atoms with Gasteiger partial charge in [-0.2, -0.15) is 0 Å². The quantitative estimate of drug-likeness (QED) is 0.418. The molecule has 0 N–H and O–H groups in total. The molecule has 7 heteroatoms. The highest BCUT2D eigenvalue weighted by Crippen LogP contribution is 2.29. The number of para-hydroxylation sites is 1. The summed E-state index contributed by atoms with van der Waals surface area (Å²) in [6.45, 7) is 2.61. The van der Waals surface area contributed by atoms with Crippen molar-refractivity contribution in [2.75, 3.05) is 11.9 Å². The average molecular weight is 397 g/mol. The van der Waals surface area contributed by atoms with Crippen molar-refractivity contribution in [3.8, 4) is 23.2 Å². The van der Waals surface area contributed by atoms with Crippen LogP contribution in [0.3, 0.4) is 0 Å². The third-order valence-electron chi connectivity index (χ3n) is 4.83. The van der Waals surface area contributed by atoms with Gasteiger partial charge < -0.3 is 13.7 Å². The van der Waals surface area contributed by atoms with E-state index in [1.54, 1.807) is 6.26 Å². The molecular formula is C23H19N5O2. The maximum Gasteiger partial charge on any atom is 0.286 e. The number of anilines is 1. The van der Waals surface area contributed by atoms with E-state index in [0.717, 1.165) is 28.0 Å². The van der Waals surface area contributed by atoms with Crippen LogP contribution in [0.1, 0.15) is 11.3 Å². The molecule has 0 aliphatic carbocycles. The van der Waals surface area contributed by atoms with Gasteiger partial charge in [-0.05, 0) is 43.3 Å². The first-order chi connectivity index (χ1) is 14.7. The van der Waals surface area contributed by atoms with Gasteiger partial charge in [0.1, 0.15) is 11.6 Å². The minimum atomic E-state index is 0.281. The topological polar surface area (TPSA) is 81.1 Å². The molecule has 0 unspecified atom stereocenters. The molecule has 3 aromatic heterocycles. The number of aryl methyl sites for hydroxylation is 1. The van der Waals surface area contributed by atoms with Gasteiger partial charge in [0.15, 0.2) is 0 Å². The Morgan fingerprint density at radius 1 is 0.867 bits per heavy atom. The molecule has 0 bridgehead atoms. The summed E-state index contributed by atoms with van der Waals surface area (Å²) in [7, 11) is 1.96. The van der Waals surface area contributed by atoms with Crippen LogP contribution in [0.15, 0.2) is 75.8 Å². The van der Waals surface area contributed by atoms with E-state index < -0.39 is 0 Å². The molecule has 0 saturated heterocycles. The van der Waals surface area contributed by atoms with Crippen LogP contribution in [-0.4, -0.2) is 27.2 Å². The molecule has 0 atom stereocenters. The van der Waals surface area contributed by atoms with Crippen LogP contribution in [-0.2, 0) is 6.54 Å². The third kappa shape index (κ3) is 3.41. The molecule has 0 saturated carbocycles. The minimum absolute atomic E-state index is 0.281. The second-order valence-corrected chi connectivity index (χ2v) is 7.10. The number of aromatic nitrogens is 4. The zero-order valence-corrected chi connectivity index (χ0v) is 16.6. The number of rotatable bonds is 5. The first-order valence-electron chi connectivity index (χ1n) is 9.58. The van der Waals surface area contributed by atoms with Gasteiger partial charge >= 0.3 is 0 Å². The van der Waals surface area contributed by atoms with E-state index in [9.17, 15) is 0 Å². The molecule has 5 aromatic rings. The third-order valence-corrected chi connectivity index (χ3v) is 4.83. The maximum absolute atomic E-state index is 5.90. The normalized spacial score (nSPS) is 11.1. The second kappa shape index (κ2) is 7.44. The molecule has 2 aromatic carbocycles. The lowest BCUT2D eigenvalue weighted by molar-refractivity contribution is 0.507. The summed E-state index contributed by atoms with van der Waals surface area (Å²) >= 11 is 0. The fraction of sp³-hybridized carbons (Fsp3) is 0.130. The van der Waals surface area contributed by atoms with E-state index in [0.29, 0.717) is 18.3 Å². The summed E-state index contributed by atoms with van der Waals surface area (Å²) in [4.78, 5) is 11.4. The van der Waals surface area contributed by atoms with Gasteiger partial charge in [-0.1, -0.05) is 29.8 Å². The molecule has 0 amide bonds.